The van der Waals surface area contributed by atoms with Crippen LogP contribution in [0.1, 0.15) is 35.3 Å². The summed E-state index contributed by atoms with van der Waals surface area (Å²) in [4.78, 5) is 32.2. The van der Waals surface area contributed by atoms with Crippen LogP contribution in [0.15, 0.2) is 72.8 Å². The number of anilines is 2. The summed E-state index contributed by atoms with van der Waals surface area (Å²) in [5.41, 5.74) is 2.61. The maximum absolute atomic E-state index is 13.2. The molecule has 2 bridgehead atoms. The molecule has 8 nitrogen and oxygen atoms in total. The molecule has 3 aliphatic heterocycles. The Morgan fingerprint density at radius 3 is 2.32 bits per heavy atom. The average molecular weight is 499 g/mol. The van der Waals surface area contributed by atoms with Crippen molar-refractivity contribution in [2.75, 3.05) is 43.1 Å². The van der Waals surface area contributed by atoms with Crippen molar-refractivity contribution in [3.63, 3.8) is 0 Å². The van der Waals surface area contributed by atoms with Crippen LogP contribution in [0.4, 0.5) is 16.2 Å². The smallest absolute Gasteiger partial charge is 0.325 e. The van der Waals surface area contributed by atoms with Crippen LogP contribution in [0, 0.1) is 0 Å². The second-order valence-electron chi connectivity index (χ2n) is 9.88. The number of hydrogen-bond donors (Lipinski definition) is 1. The van der Waals surface area contributed by atoms with E-state index in [1.807, 2.05) is 72.5 Å². The van der Waals surface area contributed by atoms with Crippen molar-refractivity contribution < 1.29 is 19.1 Å². The fourth-order valence-electron chi connectivity index (χ4n) is 5.61. The third kappa shape index (κ3) is 4.12. The number of hydrogen-bond acceptors (Lipinski definition) is 5. The summed E-state index contributed by atoms with van der Waals surface area (Å²) in [6, 6.07) is 22.8. The van der Waals surface area contributed by atoms with Crippen LogP contribution in [0.5, 0.6) is 11.5 Å². The van der Waals surface area contributed by atoms with E-state index in [1.165, 1.54) is 0 Å². The zero-order valence-electron chi connectivity index (χ0n) is 21.0. The Morgan fingerprint density at radius 2 is 1.62 bits per heavy atom. The molecule has 3 aromatic rings. The molecule has 0 aromatic heterocycles. The SMILES string of the molecule is COc1ccc(N2CCN(C(=O)c3ccc(N4C(=O)N[C@H]5C[C@@]4(C)Oc4ccccc45)cc3)CC2)cc1. The normalized spacial score (nSPS) is 22.6. The Labute approximate surface area is 216 Å². The highest BCUT2D eigenvalue weighted by Crippen LogP contribution is 2.45. The molecule has 0 unspecified atom stereocenters. The molecule has 3 aliphatic rings. The van der Waals surface area contributed by atoms with Crippen LogP contribution in [0.2, 0.25) is 0 Å². The molecule has 190 valence electrons. The van der Waals surface area contributed by atoms with Crippen LogP contribution in [-0.2, 0) is 0 Å². The number of ether oxygens (including phenoxy) is 2. The highest BCUT2D eigenvalue weighted by molar-refractivity contribution is 5.97. The summed E-state index contributed by atoms with van der Waals surface area (Å²) in [5.74, 6) is 1.61. The molecule has 0 aliphatic carbocycles. The van der Waals surface area contributed by atoms with Crippen molar-refractivity contribution in [2.24, 2.45) is 0 Å². The first kappa shape index (κ1) is 23.2. The molecule has 6 rings (SSSR count). The van der Waals surface area contributed by atoms with Gasteiger partial charge in [-0.15, -0.1) is 0 Å². The van der Waals surface area contributed by atoms with Gasteiger partial charge in [-0.05, 0) is 61.5 Å². The third-order valence-corrected chi connectivity index (χ3v) is 7.56. The molecule has 2 fully saturated rings. The number of fused-ring (bicyclic) bond motifs is 4. The van der Waals surface area contributed by atoms with E-state index in [9.17, 15) is 9.59 Å². The number of methoxy groups -OCH3 is 1. The number of urea groups is 1. The molecule has 3 heterocycles. The van der Waals surface area contributed by atoms with Crippen LogP contribution >= 0.6 is 0 Å². The van der Waals surface area contributed by atoms with E-state index in [0.717, 1.165) is 35.8 Å². The van der Waals surface area contributed by atoms with Gasteiger partial charge in [0.2, 0.25) is 0 Å². The molecule has 3 amide bonds. The summed E-state index contributed by atoms with van der Waals surface area (Å²) in [6.45, 7) is 4.77. The van der Waals surface area contributed by atoms with Gasteiger partial charge in [0.05, 0.1) is 13.2 Å². The fraction of sp³-hybridized carbons (Fsp3) is 0.310. The monoisotopic (exact) mass is 498 g/mol. The van der Waals surface area contributed by atoms with Gasteiger partial charge in [0.1, 0.15) is 11.5 Å². The summed E-state index contributed by atoms with van der Waals surface area (Å²) in [6.07, 6.45) is 0.634. The van der Waals surface area contributed by atoms with Gasteiger partial charge in [-0.1, -0.05) is 18.2 Å². The topological polar surface area (TPSA) is 74.4 Å². The highest BCUT2D eigenvalue weighted by atomic mass is 16.5. The van der Waals surface area contributed by atoms with Crippen molar-refractivity contribution >= 4 is 23.3 Å². The number of carbonyl (C=O) groups is 2. The predicted octanol–water partition coefficient (Wildman–Crippen LogP) is 4.43. The first-order valence-corrected chi connectivity index (χ1v) is 12.6. The standard InChI is InChI=1S/C29H30N4O4/c1-29-19-25(24-5-3-4-6-26(24)37-29)30-28(35)33(29)22-9-7-20(8-10-22)27(34)32-17-15-31(16-18-32)21-11-13-23(36-2)14-12-21/h3-14,25H,15-19H2,1-2H3,(H,30,35)/t25-,29+/m0/s1. The molecule has 0 saturated carbocycles. The largest absolute Gasteiger partial charge is 0.497 e. The number of carbonyl (C=O) groups excluding carboxylic acids is 2. The number of nitrogens with one attached hydrogen (secondary N) is 1. The van der Waals surface area contributed by atoms with Crippen molar-refractivity contribution in [1.29, 1.82) is 0 Å². The van der Waals surface area contributed by atoms with Gasteiger partial charge >= 0.3 is 6.03 Å². The van der Waals surface area contributed by atoms with Gasteiger partial charge in [-0.2, -0.15) is 0 Å². The number of para-hydroxylation sites is 1. The van der Waals surface area contributed by atoms with E-state index in [2.05, 4.69) is 10.2 Å². The van der Waals surface area contributed by atoms with E-state index in [-0.39, 0.29) is 18.0 Å². The molecule has 2 saturated heterocycles. The molecule has 8 heteroatoms. The molecule has 0 spiro atoms. The first-order valence-electron chi connectivity index (χ1n) is 12.6. The lowest BCUT2D eigenvalue weighted by Gasteiger charge is -2.50. The van der Waals surface area contributed by atoms with Gasteiger partial charge in [-0.25, -0.2) is 4.79 Å². The lowest BCUT2D eigenvalue weighted by Crippen LogP contribution is -2.65. The van der Waals surface area contributed by atoms with Crippen molar-refractivity contribution in [3.8, 4) is 11.5 Å². The zero-order chi connectivity index (χ0) is 25.6. The summed E-state index contributed by atoms with van der Waals surface area (Å²) in [5, 5.41) is 3.11. The maximum atomic E-state index is 13.2. The minimum Gasteiger partial charge on any atom is -0.497 e. The number of piperazine rings is 1. The van der Waals surface area contributed by atoms with E-state index in [1.54, 1.807) is 24.1 Å². The lowest BCUT2D eigenvalue weighted by atomic mass is 9.90. The Bertz CT molecular complexity index is 1320. The third-order valence-electron chi connectivity index (χ3n) is 7.56. The Balaban J connectivity index is 1.14. The van der Waals surface area contributed by atoms with Gasteiger partial charge in [0.25, 0.3) is 5.91 Å². The Morgan fingerprint density at radius 1 is 0.946 bits per heavy atom. The lowest BCUT2D eigenvalue weighted by molar-refractivity contribution is 0.0379. The van der Waals surface area contributed by atoms with Crippen LogP contribution in [-0.4, -0.2) is 55.9 Å². The first-order chi connectivity index (χ1) is 17.9. The van der Waals surface area contributed by atoms with Gasteiger partial charge < -0.3 is 24.6 Å². The highest BCUT2D eigenvalue weighted by Gasteiger charge is 2.49. The number of benzene rings is 3. The van der Waals surface area contributed by atoms with E-state index < -0.39 is 5.72 Å². The van der Waals surface area contributed by atoms with Crippen LogP contribution in [0.3, 0.4) is 0 Å². The Hall–Kier alpha value is -4.20. The number of nitrogens with zero attached hydrogens (tertiary/aromatic N) is 3. The van der Waals surface area contributed by atoms with Crippen LogP contribution < -0.4 is 24.6 Å². The minimum atomic E-state index is -0.815. The van der Waals surface area contributed by atoms with E-state index in [4.69, 9.17) is 9.47 Å². The summed E-state index contributed by atoms with van der Waals surface area (Å²) in [7, 11) is 1.66. The van der Waals surface area contributed by atoms with Crippen molar-refractivity contribution in [1.82, 2.24) is 10.2 Å². The van der Waals surface area contributed by atoms with Crippen LogP contribution in [0.25, 0.3) is 0 Å². The molecule has 2 atom stereocenters. The quantitative estimate of drug-likeness (QED) is 0.576. The molecular formula is C29H30N4O4. The van der Waals surface area contributed by atoms with Gasteiger partial charge in [0, 0.05) is 55.1 Å². The van der Waals surface area contributed by atoms with Gasteiger partial charge in [0.15, 0.2) is 5.72 Å². The molecule has 37 heavy (non-hydrogen) atoms. The molecular weight excluding hydrogens is 468 g/mol. The van der Waals surface area contributed by atoms with E-state index >= 15 is 0 Å². The average Bonchev–Trinajstić information content (AvgIpc) is 2.93. The molecule has 3 aromatic carbocycles. The summed E-state index contributed by atoms with van der Waals surface area (Å²) >= 11 is 0. The van der Waals surface area contributed by atoms with Gasteiger partial charge in [-0.3, -0.25) is 9.69 Å². The number of rotatable bonds is 4. The molecule has 1 N–H and O–H groups in total. The number of amides is 3. The minimum absolute atomic E-state index is 0.00172. The van der Waals surface area contributed by atoms with Crippen molar-refractivity contribution in [3.05, 3.63) is 83.9 Å². The summed E-state index contributed by atoms with van der Waals surface area (Å²) < 4.78 is 11.6. The van der Waals surface area contributed by atoms with E-state index in [0.29, 0.717) is 30.8 Å². The maximum Gasteiger partial charge on any atom is 0.325 e. The molecule has 0 radical (unpaired) electrons. The zero-order valence-corrected chi connectivity index (χ0v) is 21.0. The second kappa shape index (κ2) is 9.03. The predicted molar refractivity (Wildman–Crippen MR) is 141 cm³/mol. The fourth-order valence-corrected chi connectivity index (χ4v) is 5.61. The Kier molecular flexibility index (Phi) is 5.67. The van der Waals surface area contributed by atoms with Crippen molar-refractivity contribution in [2.45, 2.75) is 25.1 Å². The second-order valence-corrected chi connectivity index (χ2v) is 9.88.